The van der Waals surface area contributed by atoms with Crippen LogP contribution in [0.3, 0.4) is 0 Å². The number of hydrogen-bond donors (Lipinski definition) is 0. The molecule has 0 aromatic heterocycles. The van der Waals surface area contributed by atoms with Crippen LogP contribution in [0, 0.1) is 6.92 Å². The molecule has 0 saturated carbocycles. The van der Waals surface area contributed by atoms with Crippen molar-refractivity contribution < 1.29 is 0 Å². The summed E-state index contributed by atoms with van der Waals surface area (Å²) in [5.74, 6) is 0. The zero-order chi connectivity index (χ0) is 11.5. The first-order valence-corrected chi connectivity index (χ1v) is 6.05. The molecule has 0 atom stereocenters. The van der Waals surface area contributed by atoms with Gasteiger partial charge >= 0.3 is 0 Å². The van der Waals surface area contributed by atoms with Crippen molar-refractivity contribution in [1.29, 1.82) is 0 Å². The monoisotopic (exact) mass is 204 g/mol. The van der Waals surface area contributed by atoms with Crippen molar-refractivity contribution in [3.63, 3.8) is 0 Å². The Morgan fingerprint density at radius 2 is 1.80 bits per heavy atom. The fourth-order valence-electron chi connectivity index (χ4n) is 2.03. The van der Waals surface area contributed by atoms with E-state index in [2.05, 4.69) is 52.8 Å². The highest BCUT2D eigenvalue weighted by Crippen LogP contribution is 2.27. The van der Waals surface area contributed by atoms with Gasteiger partial charge in [-0.15, -0.1) is 0 Å². The number of hydrogen-bond acceptors (Lipinski definition) is 0. The quantitative estimate of drug-likeness (QED) is 0.673. The van der Waals surface area contributed by atoms with Crippen molar-refractivity contribution in [3.8, 4) is 0 Å². The van der Waals surface area contributed by atoms with Gasteiger partial charge in [0.05, 0.1) is 0 Å². The molecule has 0 bridgehead atoms. The van der Waals surface area contributed by atoms with Crippen LogP contribution in [0.2, 0.25) is 0 Å². The van der Waals surface area contributed by atoms with Gasteiger partial charge in [-0.3, -0.25) is 0 Å². The van der Waals surface area contributed by atoms with E-state index < -0.39 is 0 Å². The topological polar surface area (TPSA) is 0 Å². The van der Waals surface area contributed by atoms with Crippen molar-refractivity contribution in [2.75, 3.05) is 0 Å². The smallest absolute Gasteiger partial charge is 0.0129 e. The lowest BCUT2D eigenvalue weighted by atomic mass is 9.82. The average Bonchev–Trinajstić information content (AvgIpc) is 2.12. The van der Waals surface area contributed by atoms with Crippen LogP contribution >= 0.6 is 0 Å². The second-order valence-corrected chi connectivity index (χ2v) is 5.51. The third kappa shape index (κ3) is 3.37. The SMILES string of the molecule is CCCCc1cc(C)ccc1C(C)(C)C. The molecule has 15 heavy (non-hydrogen) atoms. The zero-order valence-electron chi connectivity index (χ0n) is 10.9. The average molecular weight is 204 g/mol. The molecule has 0 unspecified atom stereocenters. The summed E-state index contributed by atoms with van der Waals surface area (Å²) in [6.07, 6.45) is 3.80. The van der Waals surface area contributed by atoms with E-state index in [9.17, 15) is 0 Å². The summed E-state index contributed by atoms with van der Waals surface area (Å²) in [5.41, 5.74) is 4.72. The summed E-state index contributed by atoms with van der Waals surface area (Å²) >= 11 is 0. The van der Waals surface area contributed by atoms with Gasteiger partial charge < -0.3 is 0 Å². The molecule has 0 amide bonds. The van der Waals surface area contributed by atoms with Gasteiger partial charge in [-0.1, -0.05) is 57.9 Å². The molecule has 0 spiro atoms. The maximum absolute atomic E-state index is 2.36. The van der Waals surface area contributed by atoms with E-state index in [-0.39, 0.29) is 5.41 Å². The normalized spacial score (nSPS) is 11.8. The van der Waals surface area contributed by atoms with Gasteiger partial charge in [0.15, 0.2) is 0 Å². The van der Waals surface area contributed by atoms with Gasteiger partial charge in [0.1, 0.15) is 0 Å². The summed E-state index contributed by atoms with van der Waals surface area (Å²) in [6.45, 7) is 11.3. The largest absolute Gasteiger partial charge is 0.0654 e. The third-order valence-corrected chi connectivity index (χ3v) is 2.87. The van der Waals surface area contributed by atoms with E-state index in [0.717, 1.165) is 0 Å². The minimum absolute atomic E-state index is 0.275. The Morgan fingerprint density at radius 1 is 1.13 bits per heavy atom. The summed E-state index contributed by atoms with van der Waals surface area (Å²) < 4.78 is 0. The molecule has 1 aromatic rings. The van der Waals surface area contributed by atoms with E-state index in [0.29, 0.717) is 0 Å². The van der Waals surface area contributed by atoms with Crippen LogP contribution in [0.5, 0.6) is 0 Å². The lowest BCUT2D eigenvalue weighted by Crippen LogP contribution is -2.14. The molecule has 0 aliphatic carbocycles. The van der Waals surface area contributed by atoms with Gasteiger partial charge in [-0.2, -0.15) is 0 Å². The summed E-state index contributed by atoms with van der Waals surface area (Å²) in [6, 6.07) is 6.90. The molecule has 0 heteroatoms. The Hall–Kier alpha value is -0.780. The Kier molecular flexibility index (Phi) is 3.96. The summed E-state index contributed by atoms with van der Waals surface area (Å²) in [4.78, 5) is 0. The van der Waals surface area contributed by atoms with Crippen LogP contribution < -0.4 is 0 Å². The van der Waals surface area contributed by atoms with Crippen molar-refractivity contribution in [2.45, 2.75) is 59.3 Å². The summed E-state index contributed by atoms with van der Waals surface area (Å²) in [7, 11) is 0. The van der Waals surface area contributed by atoms with E-state index in [1.807, 2.05) is 0 Å². The first-order chi connectivity index (χ1) is 6.95. The van der Waals surface area contributed by atoms with E-state index in [1.165, 1.54) is 30.4 Å². The third-order valence-electron chi connectivity index (χ3n) is 2.87. The Labute approximate surface area is 94.7 Å². The molecule has 0 fully saturated rings. The molecule has 0 heterocycles. The number of benzene rings is 1. The molecule has 0 radical (unpaired) electrons. The molecule has 0 nitrogen and oxygen atoms in total. The molecular formula is C15H24. The van der Waals surface area contributed by atoms with Crippen molar-refractivity contribution in [1.82, 2.24) is 0 Å². The highest BCUT2D eigenvalue weighted by atomic mass is 14.2. The van der Waals surface area contributed by atoms with E-state index in [1.54, 1.807) is 5.56 Å². The first-order valence-electron chi connectivity index (χ1n) is 6.05. The molecule has 0 N–H and O–H groups in total. The van der Waals surface area contributed by atoms with E-state index >= 15 is 0 Å². The second-order valence-electron chi connectivity index (χ2n) is 5.51. The predicted octanol–water partition coefficient (Wildman–Crippen LogP) is 4.64. The molecule has 0 aliphatic heterocycles. The standard InChI is InChI=1S/C15H24/c1-6-7-8-13-11-12(2)9-10-14(13)15(3,4)5/h9-11H,6-8H2,1-5H3. The molecule has 84 valence electrons. The Balaban J connectivity index is 3.03. The molecule has 0 aliphatic rings. The number of unbranched alkanes of at least 4 members (excludes halogenated alkanes) is 1. The highest BCUT2D eigenvalue weighted by molar-refractivity contribution is 5.36. The lowest BCUT2D eigenvalue weighted by molar-refractivity contribution is 0.579. The molecule has 1 rings (SSSR count). The van der Waals surface area contributed by atoms with Crippen molar-refractivity contribution >= 4 is 0 Å². The van der Waals surface area contributed by atoms with Crippen LogP contribution in [0.25, 0.3) is 0 Å². The van der Waals surface area contributed by atoms with Crippen LogP contribution in [0.15, 0.2) is 18.2 Å². The number of rotatable bonds is 3. The molecule has 1 aromatic carbocycles. The van der Waals surface area contributed by atoms with Crippen LogP contribution in [0.1, 0.15) is 57.2 Å². The van der Waals surface area contributed by atoms with Crippen molar-refractivity contribution in [2.24, 2.45) is 0 Å². The number of aryl methyl sites for hydroxylation is 2. The van der Waals surface area contributed by atoms with Gasteiger partial charge in [0.25, 0.3) is 0 Å². The minimum Gasteiger partial charge on any atom is -0.0654 e. The van der Waals surface area contributed by atoms with Crippen LogP contribution in [0.4, 0.5) is 0 Å². The van der Waals surface area contributed by atoms with Crippen LogP contribution in [-0.2, 0) is 11.8 Å². The van der Waals surface area contributed by atoms with Gasteiger partial charge in [-0.25, -0.2) is 0 Å². The van der Waals surface area contributed by atoms with E-state index in [4.69, 9.17) is 0 Å². The van der Waals surface area contributed by atoms with Gasteiger partial charge in [0.2, 0.25) is 0 Å². The molecule has 0 saturated heterocycles. The first kappa shape index (κ1) is 12.3. The van der Waals surface area contributed by atoms with Crippen LogP contribution in [-0.4, -0.2) is 0 Å². The second kappa shape index (κ2) is 4.83. The maximum Gasteiger partial charge on any atom is -0.0129 e. The maximum atomic E-state index is 2.36. The fourth-order valence-corrected chi connectivity index (χ4v) is 2.03. The van der Waals surface area contributed by atoms with Gasteiger partial charge in [-0.05, 0) is 36.3 Å². The minimum atomic E-state index is 0.275. The van der Waals surface area contributed by atoms with Crippen molar-refractivity contribution in [3.05, 3.63) is 34.9 Å². The molecular weight excluding hydrogens is 180 g/mol. The summed E-state index contributed by atoms with van der Waals surface area (Å²) in [5, 5.41) is 0. The fraction of sp³-hybridized carbons (Fsp3) is 0.600. The zero-order valence-corrected chi connectivity index (χ0v) is 10.9. The lowest BCUT2D eigenvalue weighted by Gasteiger charge is -2.23. The highest BCUT2D eigenvalue weighted by Gasteiger charge is 2.17. The van der Waals surface area contributed by atoms with Gasteiger partial charge in [0, 0.05) is 0 Å². The predicted molar refractivity (Wildman–Crippen MR) is 68.5 cm³/mol. The Bertz CT molecular complexity index is 315. The Morgan fingerprint density at radius 3 is 2.33 bits per heavy atom.